The van der Waals surface area contributed by atoms with E-state index >= 15 is 0 Å². The van der Waals surface area contributed by atoms with Gasteiger partial charge in [-0.25, -0.2) is 0 Å². The fourth-order valence-electron chi connectivity index (χ4n) is 2.47. The van der Waals surface area contributed by atoms with Crippen molar-refractivity contribution in [3.8, 4) is 0 Å². The van der Waals surface area contributed by atoms with Gasteiger partial charge in [0.2, 0.25) is 0 Å². The summed E-state index contributed by atoms with van der Waals surface area (Å²) < 4.78 is 5.41. The molecule has 19 heavy (non-hydrogen) atoms. The van der Waals surface area contributed by atoms with Gasteiger partial charge in [0.15, 0.2) is 0 Å². The van der Waals surface area contributed by atoms with Gasteiger partial charge in [0.1, 0.15) is 0 Å². The Balaban J connectivity index is 1.90. The molecule has 1 atom stereocenters. The summed E-state index contributed by atoms with van der Waals surface area (Å²) in [5, 5.41) is 3.28. The first-order valence-corrected chi connectivity index (χ1v) is 7.13. The molecule has 3 heteroatoms. The second-order valence-electron chi connectivity index (χ2n) is 5.59. The SMILES string of the molecule is CC(C)CCCOC(=O)C1CNCc2ccccc21. The average molecular weight is 261 g/mol. The molecule has 0 saturated carbocycles. The van der Waals surface area contributed by atoms with Gasteiger partial charge in [-0.2, -0.15) is 0 Å². The summed E-state index contributed by atoms with van der Waals surface area (Å²) in [7, 11) is 0. The van der Waals surface area contributed by atoms with Crippen molar-refractivity contribution in [3.63, 3.8) is 0 Å². The second-order valence-corrected chi connectivity index (χ2v) is 5.59. The summed E-state index contributed by atoms with van der Waals surface area (Å²) in [6.45, 7) is 6.43. The first kappa shape index (κ1) is 14.1. The maximum atomic E-state index is 12.1. The zero-order chi connectivity index (χ0) is 13.7. The molecule has 0 fully saturated rings. The van der Waals surface area contributed by atoms with E-state index in [1.54, 1.807) is 0 Å². The second kappa shape index (κ2) is 6.71. The largest absolute Gasteiger partial charge is 0.465 e. The monoisotopic (exact) mass is 261 g/mol. The van der Waals surface area contributed by atoms with Crippen LogP contribution in [0.1, 0.15) is 43.7 Å². The highest BCUT2D eigenvalue weighted by Crippen LogP contribution is 2.24. The van der Waals surface area contributed by atoms with Gasteiger partial charge in [-0.15, -0.1) is 0 Å². The highest BCUT2D eigenvalue weighted by molar-refractivity contribution is 5.79. The lowest BCUT2D eigenvalue weighted by molar-refractivity contribution is -0.145. The molecule has 0 aromatic heterocycles. The summed E-state index contributed by atoms with van der Waals surface area (Å²) in [6, 6.07) is 8.11. The number of hydrogen-bond donors (Lipinski definition) is 1. The molecule has 0 radical (unpaired) electrons. The van der Waals surface area contributed by atoms with E-state index in [1.165, 1.54) is 5.56 Å². The molecule has 0 aliphatic carbocycles. The summed E-state index contributed by atoms with van der Waals surface area (Å²) in [4.78, 5) is 12.1. The zero-order valence-electron chi connectivity index (χ0n) is 11.8. The molecule has 1 aliphatic heterocycles. The highest BCUT2D eigenvalue weighted by Gasteiger charge is 2.27. The Labute approximate surface area is 115 Å². The summed E-state index contributed by atoms with van der Waals surface area (Å²) >= 11 is 0. The number of ether oxygens (including phenoxy) is 1. The lowest BCUT2D eigenvalue weighted by atomic mass is 9.91. The standard InChI is InChI=1S/C16H23NO2/c1-12(2)6-5-9-19-16(18)15-11-17-10-13-7-3-4-8-14(13)15/h3-4,7-8,12,15,17H,5-6,9-11H2,1-2H3. The van der Waals surface area contributed by atoms with Gasteiger partial charge < -0.3 is 10.1 Å². The lowest BCUT2D eigenvalue weighted by Gasteiger charge is -2.24. The van der Waals surface area contributed by atoms with Crippen molar-refractivity contribution in [2.24, 2.45) is 5.92 Å². The number of benzene rings is 1. The van der Waals surface area contributed by atoms with Crippen LogP contribution >= 0.6 is 0 Å². The molecule has 0 spiro atoms. The van der Waals surface area contributed by atoms with E-state index in [2.05, 4.69) is 25.2 Å². The minimum atomic E-state index is -0.149. The Kier molecular flexibility index (Phi) is 4.97. The molecule has 0 saturated heterocycles. The first-order valence-electron chi connectivity index (χ1n) is 7.13. The maximum absolute atomic E-state index is 12.1. The highest BCUT2D eigenvalue weighted by atomic mass is 16.5. The van der Waals surface area contributed by atoms with Crippen molar-refractivity contribution in [2.45, 2.75) is 39.2 Å². The summed E-state index contributed by atoms with van der Waals surface area (Å²) in [5.41, 5.74) is 2.33. The van der Waals surface area contributed by atoms with E-state index in [4.69, 9.17) is 4.74 Å². The number of fused-ring (bicyclic) bond motifs is 1. The molecule has 1 aromatic carbocycles. The van der Waals surface area contributed by atoms with Gasteiger partial charge in [0, 0.05) is 13.1 Å². The molecule has 1 aromatic rings. The topological polar surface area (TPSA) is 38.3 Å². The van der Waals surface area contributed by atoms with Crippen molar-refractivity contribution in [1.29, 1.82) is 0 Å². The van der Waals surface area contributed by atoms with E-state index in [1.807, 2.05) is 18.2 Å². The van der Waals surface area contributed by atoms with Crippen LogP contribution < -0.4 is 5.32 Å². The van der Waals surface area contributed by atoms with Crippen LogP contribution in [0.5, 0.6) is 0 Å². The van der Waals surface area contributed by atoms with Crippen molar-refractivity contribution in [3.05, 3.63) is 35.4 Å². The third-order valence-electron chi connectivity index (χ3n) is 3.55. The third-order valence-corrected chi connectivity index (χ3v) is 3.55. The molecule has 1 unspecified atom stereocenters. The Morgan fingerprint density at radius 1 is 1.42 bits per heavy atom. The maximum Gasteiger partial charge on any atom is 0.314 e. The summed E-state index contributed by atoms with van der Waals surface area (Å²) in [6.07, 6.45) is 2.05. The molecule has 1 heterocycles. The molecule has 104 valence electrons. The number of carbonyl (C=O) groups is 1. The predicted molar refractivity (Wildman–Crippen MR) is 75.9 cm³/mol. The number of rotatable bonds is 5. The molecular formula is C16H23NO2. The fraction of sp³-hybridized carbons (Fsp3) is 0.562. The Morgan fingerprint density at radius 3 is 3.00 bits per heavy atom. The smallest absolute Gasteiger partial charge is 0.314 e. The van der Waals surface area contributed by atoms with E-state index < -0.39 is 0 Å². The molecule has 0 bridgehead atoms. The molecular weight excluding hydrogens is 238 g/mol. The molecule has 1 aliphatic rings. The average Bonchev–Trinajstić information content (AvgIpc) is 2.42. The molecule has 0 amide bonds. The van der Waals surface area contributed by atoms with Crippen molar-refractivity contribution in [2.75, 3.05) is 13.2 Å². The van der Waals surface area contributed by atoms with E-state index in [9.17, 15) is 4.79 Å². The van der Waals surface area contributed by atoms with Gasteiger partial charge in [-0.1, -0.05) is 38.1 Å². The summed E-state index contributed by atoms with van der Waals surface area (Å²) in [5.74, 6) is 0.420. The van der Waals surface area contributed by atoms with Crippen LogP contribution in [-0.4, -0.2) is 19.1 Å². The van der Waals surface area contributed by atoms with Crippen molar-refractivity contribution >= 4 is 5.97 Å². The van der Waals surface area contributed by atoms with E-state index in [0.29, 0.717) is 19.1 Å². The Hall–Kier alpha value is -1.35. The van der Waals surface area contributed by atoms with Gasteiger partial charge in [-0.05, 0) is 29.9 Å². The fourth-order valence-corrected chi connectivity index (χ4v) is 2.47. The van der Waals surface area contributed by atoms with Crippen LogP contribution in [-0.2, 0) is 16.1 Å². The van der Waals surface area contributed by atoms with Gasteiger partial charge in [-0.3, -0.25) is 4.79 Å². The number of nitrogens with one attached hydrogen (secondary N) is 1. The zero-order valence-corrected chi connectivity index (χ0v) is 11.8. The van der Waals surface area contributed by atoms with E-state index in [0.717, 1.165) is 24.9 Å². The van der Waals surface area contributed by atoms with Crippen LogP contribution in [0.3, 0.4) is 0 Å². The quantitative estimate of drug-likeness (QED) is 0.654. The van der Waals surface area contributed by atoms with Crippen LogP contribution in [0.2, 0.25) is 0 Å². The third kappa shape index (κ3) is 3.80. The van der Waals surface area contributed by atoms with Gasteiger partial charge in [0.05, 0.1) is 12.5 Å². The van der Waals surface area contributed by atoms with Crippen LogP contribution in [0.25, 0.3) is 0 Å². The van der Waals surface area contributed by atoms with Gasteiger partial charge in [0.25, 0.3) is 0 Å². The molecule has 1 N–H and O–H groups in total. The normalized spacial score (nSPS) is 18.2. The number of esters is 1. The van der Waals surface area contributed by atoms with Crippen LogP contribution in [0.4, 0.5) is 0 Å². The Morgan fingerprint density at radius 2 is 2.21 bits per heavy atom. The Bertz CT molecular complexity index is 429. The van der Waals surface area contributed by atoms with Crippen molar-refractivity contribution in [1.82, 2.24) is 5.32 Å². The first-order chi connectivity index (χ1) is 9.18. The van der Waals surface area contributed by atoms with Crippen molar-refractivity contribution < 1.29 is 9.53 Å². The number of carbonyl (C=O) groups excluding carboxylic acids is 1. The van der Waals surface area contributed by atoms with E-state index in [-0.39, 0.29) is 11.9 Å². The minimum absolute atomic E-state index is 0.0941. The minimum Gasteiger partial charge on any atom is -0.465 e. The van der Waals surface area contributed by atoms with Crippen LogP contribution in [0, 0.1) is 5.92 Å². The lowest BCUT2D eigenvalue weighted by Crippen LogP contribution is -2.33. The number of hydrogen-bond acceptors (Lipinski definition) is 3. The van der Waals surface area contributed by atoms with Crippen LogP contribution in [0.15, 0.2) is 24.3 Å². The predicted octanol–water partition coefficient (Wildman–Crippen LogP) is 2.85. The molecule has 2 rings (SSSR count). The molecule has 3 nitrogen and oxygen atoms in total. The van der Waals surface area contributed by atoms with Gasteiger partial charge >= 0.3 is 5.97 Å².